The number of rotatable bonds is 5. The monoisotopic (exact) mass is 357 g/mol. The van der Waals surface area contributed by atoms with Gasteiger partial charge in [0.2, 0.25) is 0 Å². The second-order valence-electron chi connectivity index (χ2n) is 5.07. The first-order chi connectivity index (χ1) is 12.0. The molecule has 0 spiro atoms. The molecule has 2 rings (SSSR count). The van der Waals surface area contributed by atoms with Gasteiger partial charge in [0, 0.05) is 23.6 Å². The molecule has 2 N–H and O–H groups in total. The van der Waals surface area contributed by atoms with Crippen LogP contribution in [0.25, 0.3) is 0 Å². The number of hydrogen-bond donors (Lipinski definition) is 2. The van der Waals surface area contributed by atoms with E-state index in [0.717, 1.165) is 5.56 Å². The third kappa shape index (κ3) is 6.58. The number of amides is 1. The number of nitrogens with one attached hydrogen (secondary N) is 1. The largest absolute Gasteiger partial charge is 0.478 e. The topological polar surface area (TPSA) is 75.6 Å². The van der Waals surface area contributed by atoms with E-state index in [9.17, 15) is 9.59 Å². The minimum Gasteiger partial charge on any atom is -0.478 e. The number of carbonyl (C=O) groups is 2. The zero-order valence-corrected chi connectivity index (χ0v) is 14.0. The summed E-state index contributed by atoms with van der Waals surface area (Å²) in [6.45, 7) is 0.534. The Kier molecular flexibility index (Phi) is 6.87. The van der Waals surface area contributed by atoms with Gasteiger partial charge < -0.3 is 15.2 Å². The van der Waals surface area contributed by atoms with E-state index in [4.69, 9.17) is 21.4 Å². The van der Waals surface area contributed by atoms with Crippen molar-refractivity contribution >= 4 is 23.7 Å². The van der Waals surface area contributed by atoms with E-state index in [2.05, 4.69) is 17.2 Å². The van der Waals surface area contributed by atoms with E-state index < -0.39 is 12.1 Å². The maximum atomic E-state index is 11.5. The predicted octanol–water partition coefficient (Wildman–Crippen LogP) is 3.71. The normalized spacial score (nSPS) is 9.64. The van der Waals surface area contributed by atoms with E-state index in [-0.39, 0.29) is 12.2 Å². The highest BCUT2D eigenvalue weighted by atomic mass is 35.5. The lowest BCUT2D eigenvalue weighted by Crippen LogP contribution is -2.24. The van der Waals surface area contributed by atoms with Gasteiger partial charge in [0.15, 0.2) is 0 Å². The maximum Gasteiger partial charge on any atom is 0.407 e. The number of carbonyl (C=O) groups excluding carboxylic acids is 1. The Morgan fingerprint density at radius 3 is 2.64 bits per heavy atom. The molecule has 0 fully saturated rings. The summed E-state index contributed by atoms with van der Waals surface area (Å²) in [6, 6.07) is 13.8. The van der Waals surface area contributed by atoms with Crippen LogP contribution in [0.15, 0.2) is 48.5 Å². The number of hydrogen-bond acceptors (Lipinski definition) is 3. The van der Waals surface area contributed by atoms with Crippen LogP contribution in [0.3, 0.4) is 0 Å². The van der Waals surface area contributed by atoms with Crippen LogP contribution in [0.2, 0.25) is 5.02 Å². The van der Waals surface area contributed by atoms with Crippen molar-refractivity contribution in [3.63, 3.8) is 0 Å². The van der Waals surface area contributed by atoms with Gasteiger partial charge in [-0.3, -0.25) is 0 Å². The Balaban J connectivity index is 1.75. The lowest BCUT2D eigenvalue weighted by Gasteiger charge is -2.05. The summed E-state index contributed by atoms with van der Waals surface area (Å²) in [6.07, 6.45) is -0.114. The Hall–Kier alpha value is -2.97. The fraction of sp³-hybridized carbons (Fsp3) is 0.158. The van der Waals surface area contributed by atoms with Gasteiger partial charge in [-0.2, -0.15) is 0 Å². The van der Waals surface area contributed by atoms with Crippen LogP contribution < -0.4 is 5.32 Å². The predicted molar refractivity (Wildman–Crippen MR) is 94.5 cm³/mol. The Labute approximate surface area is 150 Å². The molecular formula is C19H16ClNO4. The molecule has 2 aromatic rings. The van der Waals surface area contributed by atoms with Crippen LogP contribution in [-0.4, -0.2) is 23.7 Å². The van der Waals surface area contributed by atoms with Crippen LogP contribution in [0.4, 0.5) is 4.79 Å². The molecule has 0 saturated carbocycles. The Morgan fingerprint density at radius 2 is 1.92 bits per heavy atom. The average molecular weight is 358 g/mol. The third-order valence-corrected chi connectivity index (χ3v) is 3.33. The van der Waals surface area contributed by atoms with Gasteiger partial charge in [0.1, 0.15) is 6.61 Å². The number of carboxylic acids is 1. The van der Waals surface area contributed by atoms with Gasteiger partial charge in [0.05, 0.1) is 5.56 Å². The van der Waals surface area contributed by atoms with Crippen LogP contribution in [0, 0.1) is 11.8 Å². The second-order valence-corrected chi connectivity index (χ2v) is 5.51. The molecule has 0 aliphatic carbocycles. The van der Waals surface area contributed by atoms with E-state index >= 15 is 0 Å². The molecular weight excluding hydrogens is 342 g/mol. The third-order valence-electron chi connectivity index (χ3n) is 3.11. The highest BCUT2D eigenvalue weighted by Gasteiger charge is 2.05. The Morgan fingerprint density at radius 1 is 1.16 bits per heavy atom. The molecule has 25 heavy (non-hydrogen) atoms. The summed E-state index contributed by atoms with van der Waals surface area (Å²) in [7, 11) is 0. The number of benzene rings is 2. The van der Waals surface area contributed by atoms with Crippen molar-refractivity contribution in [2.75, 3.05) is 6.54 Å². The quantitative estimate of drug-likeness (QED) is 0.632. The van der Waals surface area contributed by atoms with Crippen molar-refractivity contribution in [2.45, 2.75) is 13.0 Å². The molecule has 0 radical (unpaired) electrons. The molecule has 0 aromatic heterocycles. The highest BCUT2D eigenvalue weighted by Crippen LogP contribution is 2.14. The lowest BCUT2D eigenvalue weighted by molar-refractivity contribution is 0.0696. The van der Waals surface area contributed by atoms with E-state index in [1.807, 2.05) is 30.3 Å². The fourth-order valence-corrected chi connectivity index (χ4v) is 2.19. The molecule has 0 atom stereocenters. The molecule has 5 nitrogen and oxygen atoms in total. The summed E-state index contributed by atoms with van der Waals surface area (Å²) in [5.74, 6) is 4.61. The van der Waals surface area contributed by atoms with Gasteiger partial charge in [0.25, 0.3) is 0 Å². The highest BCUT2D eigenvalue weighted by molar-refractivity contribution is 6.31. The maximum absolute atomic E-state index is 11.5. The summed E-state index contributed by atoms with van der Waals surface area (Å²) >= 11 is 5.86. The van der Waals surface area contributed by atoms with Crippen molar-refractivity contribution in [3.8, 4) is 11.8 Å². The van der Waals surface area contributed by atoms with Crippen molar-refractivity contribution in [1.29, 1.82) is 0 Å². The molecule has 2 aromatic carbocycles. The molecule has 0 unspecified atom stereocenters. The SMILES string of the molecule is O=C(NCCC#Cc1cc(Cl)cc(C(=O)O)c1)OCc1ccccc1. The summed E-state index contributed by atoms with van der Waals surface area (Å²) in [4.78, 5) is 22.5. The van der Waals surface area contributed by atoms with Gasteiger partial charge in [-0.05, 0) is 23.8 Å². The molecule has 0 aliphatic rings. The molecule has 1 amide bonds. The van der Waals surface area contributed by atoms with Crippen LogP contribution >= 0.6 is 11.6 Å². The minimum absolute atomic E-state index is 0.0828. The van der Waals surface area contributed by atoms with Crippen LogP contribution in [0.1, 0.15) is 27.9 Å². The van der Waals surface area contributed by atoms with Crippen molar-refractivity contribution < 1.29 is 19.4 Å². The minimum atomic E-state index is -1.06. The average Bonchev–Trinajstić information content (AvgIpc) is 2.60. The van der Waals surface area contributed by atoms with Gasteiger partial charge in [-0.25, -0.2) is 9.59 Å². The standard InChI is InChI=1S/C19H16ClNO4/c20-17-11-15(10-16(12-17)18(22)23)8-4-5-9-21-19(24)25-13-14-6-2-1-3-7-14/h1-3,6-7,10-12H,5,9,13H2,(H,21,24)(H,22,23). The van der Waals surface area contributed by atoms with Gasteiger partial charge >= 0.3 is 12.1 Å². The van der Waals surface area contributed by atoms with E-state index in [1.165, 1.54) is 12.1 Å². The van der Waals surface area contributed by atoms with Crippen LogP contribution in [-0.2, 0) is 11.3 Å². The van der Waals surface area contributed by atoms with Crippen molar-refractivity contribution in [1.82, 2.24) is 5.32 Å². The van der Waals surface area contributed by atoms with Crippen LogP contribution in [0.5, 0.6) is 0 Å². The number of alkyl carbamates (subject to hydrolysis) is 1. The zero-order valence-electron chi connectivity index (χ0n) is 13.3. The van der Waals surface area contributed by atoms with Crippen molar-refractivity contribution in [2.24, 2.45) is 0 Å². The van der Waals surface area contributed by atoms with Gasteiger partial charge in [-0.15, -0.1) is 0 Å². The number of ether oxygens (including phenoxy) is 1. The van der Waals surface area contributed by atoms with Crippen molar-refractivity contribution in [3.05, 3.63) is 70.2 Å². The summed E-state index contributed by atoms with van der Waals surface area (Å²) in [5.41, 5.74) is 1.50. The molecule has 0 bridgehead atoms. The molecule has 128 valence electrons. The first-order valence-corrected chi connectivity index (χ1v) is 7.89. The molecule has 6 heteroatoms. The molecule has 0 aliphatic heterocycles. The van der Waals surface area contributed by atoms with Gasteiger partial charge in [-0.1, -0.05) is 53.8 Å². The second kappa shape index (κ2) is 9.36. The number of aromatic carboxylic acids is 1. The zero-order chi connectivity index (χ0) is 18.1. The molecule has 0 saturated heterocycles. The molecule has 0 heterocycles. The smallest absolute Gasteiger partial charge is 0.407 e. The van der Waals surface area contributed by atoms with E-state index in [1.54, 1.807) is 6.07 Å². The summed E-state index contributed by atoms with van der Waals surface area (Å²) in [5, 5.41) is 11.9. The fourth-order valence-electron chi connectivity index (χ4n) is 1.95. The summed E-state index contributed by atoms with van der Waals surface area (Å²) < 4.78 is 5.07. The Bertz CT molecular complexity index is 809. The first kappa shape index (κ1) is 18.4. The van der Waals surface area contributed by atoms with E-state index in [0.29, 0.717) is 23.6 Å². The first-order valence-electron chi connectivity index (χ1n) is 7.52. The lowest BCUT2D eigenvalue weighted by atomic mass is 10.1. The number of carboxylic acid groups (broad SMARTS) is 1. The number of halogens is 1.